The summed E-state index contributed by atoms with van der Waals surface area (Å²) in [7, 11) is 1.56. The van der Waals surface area contributed by atoms with Crippen LogP contribution in [0, 0.1) is 6.92 Å². The molecule has 0 aliphatic heterocycles. The molecule has 0 bridgehead atoms. The zero-order valence-corrected chi connectivity index (χ0v) is 11.9. The van der Waals surface area contributed by atoms with E-state index in [1.54, 1.807) is 13.2 Å². The zero-order valence-electron chi connectivity index (χ0n) is 10.3. The number of carbonyl (C=O) groups excluding carboxylic acids is 1. The summed E-state index contributed by atoms with van der Waals surface area (Å²) in [5, 5.41) is 0. The number of ketones is 1. The molecule has 0 saturated heterocycles. The molecule has 2 aromatic rings. The van der Waals surface area contributed by atoms with Crippen LogP contribution in [0.3, 0.4) is 0 Å². The van der Waals surface area contributed by atoms with Crippen LogP contribution in [0.4, 0.5) is 0 Å². The van der Waals surface area contributed by atoms with Crippen molar-refractivity contribution in [2.45, 2.75) is 23.1 Å². The summed E-state index contributed by atoms with van der Waals surface area (Å²) in [6.45, 7) is 3.38. The number of aryl methyl sites for hydroxylation is 1. The highest BCUT2D eigenvalue weighted by atomic mass is 32.2. The van der Waals surface area contributed by atoms with Crippen LogP contribution in [-0.2, 0) is 0 Å². The molecule has 0 radical (unpaired) electrons. The van der Waals surface area contributed by atoms with Gasteiger partial charge in [0.1, 0.15) is 11.6 Å². The van der Waals surface area contributed by atoms with Crippen molar-refractivity contribution < 1.29 is 9.53 Å². The van der Waals surface area contributed by atoms with Gasteiger partial charge in [-0.1, -0.05) is 17.8 Å². The van der Waals surface area contributed by atoms with Crippen LogP contribution < -0.4 is 4.74 Å². The van der Waals surface area contributed by atoms with Crippen molar-refractivity contribution in [2.75, 3.05) is 7.11 Å². The van der Waals surface area contributed by atoms with Gasteiger partial charge in [-0.2, -0.15) is 4.37 Å². The third kappa shape index (κ3) is 2.70. The Balaban J connectivity index is 2.41. The molecule has 18 heavy (non-hydrogen) atoms. The summed E-state index contributed by atoms with van der Waals surface area (Å²) in [4.78, 5) is 16.8. The summed E-state index contributed by atoms with van der Waals surface area (Å²) in [5.74, 6) is 1.32. The van der Waals surface area contributed by atoms with Crippen LogP contribution in [0.1, 0.15) is 23.1 Å². The highest BCUT2D eigenvalue weighted by Gasteiger charge is 2.15. The van der Waals surface area contributed by atoms with Gasteiger partial charge in [0, 0.05) is 4.90 Å². The van der Waals surface area contributed by atoms with E-state index < -0.39 is 0 Å². The van der Waals surface area contributed by atoms with Gasteiger partial charge in [-0.25, -0.2) is 4.98 Å². The number of ether oxygens (including phenoxy) is 1. The summed E-state index contributed by atoms with van der Waals surface area (Å²) in [6, 6.07) is 5.54. The normalized spacial score (nSPS) is 10.4. The van der Waals surface area contributed by atoms with Crippen molar-refractivity contribution in [3.05, 3.63) is 29.6 Å². The molecule has 0 saturated carbocycles. The molecule has 0 amide bonds. The summed E-state index contributed by atoms with van der Waals surface area (Å²) in [6.07, 6.45) is 0. The van der Waals surface area contributed by atoms with Crippen molar-refractivity contribution in [3.63, 3.8) is 0 Å². The van der Waals surface area contributed by atoms with Crippen LogP contribution in [0.5, 0.6) is 5.75 Å². The Kier molecular flexibility index (Phi) is 3.98. The number of rotatable bonds is 4. The van der Waals surface area contributed by atoms with Crippen molar-refractivity contribution >= 4 is 29.1 Å². The summed E-state index contributed by atoms with van der Waals surface area (Å²) in [5.41, 5.74) is 0.595. The van der Waals surface area contributed by atoms with E-state index in [0.717, 1.165) is 15.1 Å². The Labute approximate surface area is 114 Å². The van der Waals surface area contributed by atoms with Crippen LogP contribution in [0.15, 0.2) is 27.4 Å². The molecule has 1 heterocycles. The van der Waals surface area contributed by atoms with E-state index in [-0.39, 0.29) is 5.78 Å². The minimum Gasteiger partial charge on any atom is -0.496 e. The van der Waals surface area contributed by atoms with Gasteiger partial charge < -0.3 is 4.74 Å². The summed E-state index contributed by atoms with van der Waals surface area (Å²) < 4.78 is 10.2. The molecule has 6 heteroatoms. The molecular weight excluding hydrogens is 268 g/mol. The van der Waals surface area contributed by atoms with Crippen molar-refractivity contribution in [3.8, 4) is 5.75 Å². The molecule has 2 rings (SSSR count). The number of hydrogen-bond donors (Lipinski definition) is 0. The van der Waals surface area contributed by atoms with Crippen LogP contribution >= 0.6 is 23.3 Å². The second kappa shape index (κ2) is 5.49. The standard InChI is InChI=1S/C12H12N2O2S2/c1-7(15)11-9(16-3)5-4-6-10(11)17-12-13-8(2)14-18-12/h4-6H,1-3H3. The number of benzene rings is 1. The monoisotopic (exact) mass is 280 g/mol. The van der Waals surface area contributed by atoms with Crippen molar-refractivity contribution in [1.82, 2.24) is 9.36 Å². The van der Waals surface area contributed by atoms with Gasteiger partial charge in [-0.15, -0.1) is 0 Å². The maximum Gasteiger partial charge on any atom is 0.174 e. The van der Waals surface area contributed by atoms with E-state index in [1.807, 2.05) is 19.1 Å². The fourth-order valence-corrected chi connectivity index (χ4v) is 3.34. The minimum atomic E-state index is -0.0174. The molecule has 4 nitrogen and oxygen atoms in total. The number of hydrogen-bond acceptors (Lipinski definition) is 6. The van der Waals surface area contributed by atoms with E-state index in [1.165, 1.54) is 30.2 Å². The first-order chi connectivity index (χ1) is 8.61. The van der Waals surface area contributed by atoms with E-state index >= 15 is 0 Å². The Hall–Kier alpha value is -1.40. The molecule has 94 valence electrons. The Morgan fingerprint density at radius 3 is 2.78 bits per heavy atom. The van der Waals surface area contributed by atoms with E-state index in [2.05, 4.69) is 9.36 Å². The van der Waals surface area contributed by atoms with Gasteiger partial charge in [0.25, 0.3) is 0 Å². The molecule has 0 fully saturated rings. The number of aromatic nitrogens is 2. The fourth-order valence-electron chi connectivity index (χ4n) is 1.53. The number of nitrogens with zero attached hydrogens (tertiary/aromatic N) is 2. The molecule has 1 aromatic carbocycles. The van der Waals surface area contributed by atoms with E-state index in [0.29, 0.717) is 11.3 Å². The molecular formula is C12H12N2O2S2. The molecule has 0 aliphatic carbocycles. The molecule has 0 spiro atoms. The SMILES string of the molecule is COc1cccc(Sc2nc(C)ns2)c1C(C)=O. The average molecular weight is 280 g/mol. The van der Waals surface area contributed by atoms with Gasteiger partial charge in [0.15, 0.2) is 10.1 Å². The van der Waals surface area contributed by atoms with E-state index in [9.17, 15) is 4.79 Å². The van der Waals surface area contributed by atoms with Crippen molar-refractivity contribution in [1.29, 1.82) is 0 Å². The maximum absolute atomic E-state index is 11.7. The van der Waals surface area contributed by atoms with Crippen LogP contribution in [0.2, 0.25) is 0 Å². The molecule has 0 atom stereocenters. The minimum absolute atomic E-state index is 0.0174. The topological polar surface area (TPSA) is 52.1 Å². The maximum atomic E-state index is 11.7. The molecule has 1 aromatic heterocycles. The first-order valence-corrected chi connectivity index (χ1v) is 6.87. The van der Waals surface area contributed by atoms with Crippen LogP contribution in [0.25, 0.3) is 0 Å². The Morgan fingerprint density at radius 1 is 1.44 bits per heavy atom. The lowest BCUT2D eigenvalue weighted by molar-refractivity contribution is 0.101. The second-order valence-electron chi connectivity index (χ2n) is 3.60. The fraction of sp³-hybridized carbons (Fsp3) is 0.250. The van der Waals surface area contributed by atoms with E-state index in [4.69, 9.17) is 4.74 Å². The molecule has 0 aliphatic rings. The van der Waals surface area contributed by atoms with Gasteiger partial charge >= 0.3 is 0 Å². The smallest absolute Gasteiger partial charge is 0.174 e. The Morgan fingerprint density at radius 2 is 2.22 bits per heavy atom. The zero-order chi connectivity index (χ0) is 13.1. The van der Waals surface area contributed by atoms with Gasteiger partial charge in [-0.3, -0.25) is 4.79 Å². The van der Waals surface area contributed by atoms with Gasteiger partial charge in [0.2, 0.25) is 0 Å². The molecule has 0 unspecified atom stereocenters. The lowest BCUT2D eigenvalue weighted by Crippen LogP contribution is -1.99. The average Bonchev–Trinajstić information content (AvgIpc) is 2.74. The number of methoxy groups -OCH3 is 1. The number of carbonyl (C=O) groups is 1. The summed E-state index contributed by atoms with van der Waals surface area (Å²) >= 11 is 2.76. The molecule has 0 N–H and O–H groups in total. The highest BCUT2D eigenvalue weighted by molar-refractivity contribution is 8.01. The number of Topliss-reactive ketones (excluding diaryl/α,β-unsaturated/α-hetero) is 1. The van der Waals surface area contributed by atoms with Crippen LogP contribution in [-0.4, -0.2) is 22.3 Å². The largest absolute Gasteiger partial charge is 0.496 e. The Bertz CT molecular complexity index is 581. The highest BCUT2D eigenvalue weighted by Crippen LogP contribution is 2.35. The lowest BCUT2D eigenvalue weighted by Gasteiger charge is -2.09. The lowest BCUT2D eigenvalue weighted by atomic mass is 10.1. The third-order valence-corrected chi connectivity index (χ3v) is 4.17. The predicted octanol–water partition coefficient (Wildman–Crippen LogP) is 3.21. The third-order valence-electron chi connectivity index (χ3n) is 2.27. The second-order valence-corrected chi connectivity index (χ2v) is 5.64. The first kappa shape index (κ1) is 13.0. The predicted molar refractivity (Wildman–Crippen MR) is 71.8 cm³/mol. The van der Waals surface area contributed by atoms with Crippen molar-refractivity contribution in [2.24, 2.45) is 0 Å². The first-order valence-electron chi connectivity index (χ1n) is 5.28. The van der Waals surface area contributed by atoms with Gasteiger partial charge in [-0.05, 0) is 37.5 Å². The quantitative estimate of drug-likeness (QED) is 0.805. The van der Waals surface area contributed by atoms with Gasteiger partial charge in [0.05, 0.1) is 12.7 Å².